The normalized spacial score (nSPS) is 25.9. The number of carbonyl (C=O) groups is 1. The molecule has 0 saturated heterocycles. The van der Waals surface area contributed by atoms with Crippen LogP contribution in [0.25, 0.3) is 0 Å². The zero-order valence-electron chi connectivity index (χ0n) is 10.1. The van der Waals surface area contributed by atoms with Crippen molar-refractivity contribution in [1.29, 1.82) is 0 Å². The minimum atomic E-state index is -0.00801. The zero-order valence-corrected chi connectivity index (χ0v) is 10.1. The summed E-state index contributed by atoms with van der Waals surface area (Å²) in [6.45, 7) is 7.80. The van der Waals surface area contributed by atoms with E-state index in [1.807, 2.05) is 6.92 Å². The molecule has 1 saturated carbocycles. The van der Waals surface area contributed by atoms with Crippen LogP contribution in [0.15, 0.2) is 0 Å². The van der Waals surface area contributed by atoms with Crippen molar-refractivity contribution in [2.45, 2.75) is 46.1 Å². The highest BCUT2D eigenvalue weighted by atomic mass is 16.5. The highest BCUT2D eigenvalue weighted by molar-refractivity contribution is 5.72. The number of nitrogens with one attached hydrogen (secondary N) is 1. The first-order chi connectivity index (χ1) is 7.13. The molecule has 3 nitrogen and oxygen atoms in total. The van der Waals surface area contributed by atoms with Gasteiger partial charge in [0, 0.05) is 6.04 Å². The summed E-state index contributed by atoms with van der Waals surface area (Å²) in [5.41, 5.74) is 0. The fourth-order valence-electron chi connectivity index (χ4n) is 2.04. The molecule has 2 unspecified atom stereocenters. The second-order valence-corrected chi connectivity index (χ2v) is 4.76. The maximum absolute atomic E-state index is 11.5. The minimum absolute atomic E-state index is 0.00801. The van der Waals surface area contributed by atoms with Gasteiger partial charge in [-0.3, -0.25) is 4.79 Å². The van der Waals surface area contributed by atoms with Crippen LogP contribution in [-0.4, -0.2) is 25.2 Å². The summed E-state index contributed by atoms with van der Waals surface area (Å²) in [5.74, 6) is 0.799. The maximum atomic E-state index is 11.5. The van der Waals surface area contributed by atoms with Crippen LogP contribution >= 0.6 is 0 Å². The third-order valence-electron chi connectivity index (χ3n) is 2.87. The third-order valence-corrected chi connectivity index (χ3v) is 2.87. The predicted octanol–water partition coefficient (Wildman–Crippen LogP) is 1.96. The number of rotatable bonds is 5. The van der Waals surface area contributed by atoms with Crippen molar-refractivity contribution >= 4 is 5.97 Å². The molecule has 1 N–H and O–H groups in total. The lowest BCUT2D eigenvalue weighted by atomic mass is 10.1. The fraction of sp³-hybridized carbons (Fsp3) is 0.917. The predicted molar refractivity (Wildman–Crippen MR) is 60.6 cm³/mol. The fourth-order valence-corrected chi connectivity index (χ4v) is 2.04. The number of esters is 1. The summed E-state index contributed by atoms with van der Waals surface area (Å²) < 4.78 is 5.03. The summed E-state index contributed by atoms with van der Waals surface area (Å²) in [6, 6.07) is 0.516. The van der Waals surface area contributed by atoms with E-state index in [4.69, 9.17) is 4.74 Å². The van der Waals surface area contributed by atoms with E-state index in [2.05, 4.69) is 19.2 Å². The van der Waals surface area contributed by atoms with Gasteiger partial charge in [-0.2, -0.15) is 0 Å². The topological polar surface area (TPSA) is 38.3 Å². The van der Waals surface area contributed by atoms with E-state index in [-0.39, 0.29) is 11.9 Å². The van der Waals surface area contributed by atoms with Crippen LogP contribution in [0.4, 0.5) is 0 Å². The van der Waals surface area contributed by atoms with E-state index < -0.39 is 0 Å². The highest BCUT2D eigenvalue weighted by Gasteiger charge is 2.30. The van der Waals surface area contributed by atoms with Crippen molar-refractivity contribution in [1.82, 2.24) is 5.32 Å². The molecule has 0 aliphatic heterocycles. The van der Waals surface area contributed by atoms with Crippen molar-refractivity contribution in [3.63, 3.8) is 0 Å². The molecule has 1 rings (SSSR count). The molecule has 0 spiro atoms. The Morgan fingerprint density at radius 2 is 2.20 bits per heavy atom. The van der Waals surface area contributed by atoms with Crippen LogP contribution in [0, 0.1) is 11.8 Å². The SMILES string of the molecule is CCOC(=O)C1CCC(NCC(C)C)C1. The molecule has 88 valence electrons. The molecule has 0 bridgehead atoms. The van der Waals surface area contributed by atoms with E-state index in [9.17, 15) is 4.79 Å². The smallest absolute Gasteiger partial charge is 0.308 e. The van der Waals surface area contributed by atoms with Gasteiger partial charge in [0.05, 0.1) is 12.5 Å². The highest BCUT2D eigenvalue weighted by Crippen LogP contribution is 2.26. The van der Waals surface area contributed by atoms with Crippen molar-refractivity contribution in [2.24, 2.45) is 11.8 Å². The molecule has 0 aromatic carbocycles. The van der Waals surface area contributed by atoms with Crippen molar-refractivity contribution < 1.29 is 9.53 Å². The molecule has 1 fully saturated rings. The Balaban J connectivity index is 2.23. The van der Waals surface area contributed by atoms with Crippen LogP contribution in [0.1, 0.15) is 40.0 Å². The lowest BCUT2D eigenvalue weighted by Crippen LogP contribution is -2.30. The van der Waals surface area contributed by atoms with Crippen LogP contribution < -0.4 is 5.32 Å². The molecule has 0 amide bonds. The first-order valence-electron chi connectivity index (χ1n) is 6.03. The quantitative estimate of drug-likeness (QED) is 0.709. The number of ether oxygens (including phenoxy) is 1. The lowest BCUT2D eigenvalue weighted by Gasteiger charge is -2.14. The van der Waals surface area contributed by atoms with Gasteiger partial charge in [0.2, 0.25) is 0 Å². The molecule has 0 radical (unpaired) electrons. The van der Waals surface area contributed by atoms with Gasteiger partial charge in [0.25, 0.3) is 0 Å². The average molecular weight is 213 g/mol. The Kier molecular flexibility index (Phi) is 5.09. The van der Waals surface area contributed by atoms with Crippen LogP contribution in [0.3, 0.4) is 0 Å². The molecule has 0 heterocycles. The second kappa shape index (κ2) is 6.11. The van der Waals surface area contributed by atoms with Crippen LogP contribution in [0.5, 0.6) is 0 Å². The summed E-state index contributed by atoms with van der Waals surface area (Å²) >= 11 is 0. The van der Waals surface area contributed by atoms with Gasteiger partial charge < -0.3 is 10.1 Å². The summed E-state index contributed by atoms with van der Waals surface area (Å²) in [5, 5.41) is 3.50. The Labute approximate surface area is 92.6 Å². The Morgan fingerprint density at radius 3 is 2.80 bits per heavy atom. The molecular formula is C12H23NO2. The van der Waals surface area contributed by atoms with Crippen LogP contribution in [0.2, 0.25) is 0 Å². The van der Waals surface area contributed by atoms with Gasteiger partial charge in [0.1, 0.15) is 0 Å². The van der Waals surface area contributed by atoms with Crippen molar-refractivity contribution in [2.75, 3.05) is 13.2 Å². The van der Waals surface area contributed by atoms with E-state index >= 15 is 0 Å². The summed E-state index contributed by atoms with van der Waals surface area (Å²) in [6.07, 6.45) is 3.04. The van der Waals surface area contributed by atoms with Gasteiger partial charge in [-0.05, 0) is 38.6 Å². The Bertz CT molecular complexity index is 204. The van der Waals surface area contributed by atoms with E-state index in [0.717, 1.165) is 25.8 Å². The molecule has 2 atom stereocenters. The van der Waals surface area contributed by atoms with Crippen LogP contribution in [-0.2, 0) is 9.53 Å². The number of hydrogen-bond acceptors (Lipinski definition) is 3. The van der Waals surface area contributed by atoms with Gasteiger partial charge in [-0.1, -0.05) is 13.8 Å². The summed E-state index contributed by atoms with van der Waals surface area (Å²) in [4.78, 5) is 11.5. The van der Waals surface area contributed by atoms with Gasteiger partial charge in [0.15, 0.2) is 0 Å². The van der Waals surface area contributed by atoms with E-state index in [0.29, 0.717) is 18.6 Å². The van der Waals surface area contributed by atoms with Gasteiger partial charge >= 0.3 is 5.97 Å². The monoisotopic (exact) mass is 213 g/mol. The molecule has 3 heteroatoms. The first-order valence-corrected chi connectivity index (χ1v) is 6.03. The lowest BCUT2D eigenvalue weighted by molar-refractivity contribution is -0.147. The minimum Gasteiger partial charge on any atom is -0.466 e. The number of hydrogen-bond donors (Lipinski definition) is 1. The van der Waals surface area contributed by atoms with Crippen molar-refractivity contribution in [3.05, 3.63) is 0 Å². The van der Waals surface area contributed by atoms with Crippen molar-refractivity contribution in [3.8, 4) is 0 Å². The molecule has 1 aliphatic carbocycles. The maximum Gasteiger partial charge on any atom is 0.308 e. The third kappa shape index (κ3) is 4.20. The van der Waals surface area contributed by atoms with E-state index in [1.54, 1.807) is 0 Å². The standard InChI is InChI=1S/C12H23NO2/c1-4-15-12(14)10-5-6-11(7-10)13-8-9(2)3/h9-11,13H,4-8H2,1-3H3. The summed E-state index contributed by atoms with van der Waals surface area (Å²) in [7, 11) is 0. The molecule has 15 heavy (non-hydrogen) atoms. The molecule has 0 aromatic heterocycles. The average Bonchev–Trinajstić information content (AvgIpc) is 2.63. The second-order valence-electron chi connectivity index (χ2n) is 4.76. The molecule has 0 aromatic rings. The Hall–Kier alpha value is -0.570. The van der Waals surface area contributed by atoms with Gasteiger partial charge in [-0.15, -0.1) is 0 Å². The number of carbonyl (C=O) groups excluding carboxylic acids is 1. The first kappa shape index (κ1) is 12.5. The molecule has 1 aliphatic rings. The zero-order chi connectivity index (χ0) is 11.3. The Morgan fingerprint density at radius 1 is 1.47 bits per heavy atom. The molecular weight excluding hydrogens is 190 g/mol. The van der Waals surface area contributed by atoms with E-state index in [1.165, 1.54) is 0 Å². The largest absolute Gasteiger partial charge is 0.466 e. The van der Waals surface area contributed by atoms with Gasteiger partial charge in [-0.25, -0.2) is 0 Å².